The van der Waals surface area contributed by atoms with Crippen molar-refractivity contribution in [3.05, 3.63) is 30.0 Å². The third-order valence-corrected chi connectivity index (χ3v) is 4.41. The molecule has 0 spiro atoms. The molecule has 1 aliphatic heterocycles. The van der Waals surface area contributed by atoms with Crippen LogP contribution in [0, 0.1) is 6.92 Å². The molecule has 1 N–H and O–H groups in total. The van der Waals surface area contributed by atoms with Crippen LogP contribution in [0.1, 0.15) is 32.4 Å². The number of pyridine rings is 1. The maximum Gasteiger partial charge on any atom is 0.224 e. The molecule has 2 aromatic rings. The number of rotatable bonds is 5. The molecule has 0 radical (unpaired) electrons. The van der Waals surface area contributed by atoms with Crippen LogP contribution < -0.4 is 10.2 Å². The van der Waals surface area contributed by atoms with Crippen LogP contribution in [0.15, 0.2) is 24.3 Å². The van der Waals surface area contributed by atoms with E-state index < -0.39 is 0 Å². The van der Waals surface area contributed by atoms with E-state index in [1.165, 1.54) is 5.69 Å². The summed E-state index contributed by atoms with van der Waals surface area (Å²) in [5.74, 6) is 0.0151. The van der Waals surface area contributed by atoms with E-state index in [1.807, 2.05) is 32.9 Å². The van der Waals surface area contributed by atoms with Gasteiger partial charge in [-0.2, -0.15) is 0 Å². The monoisotopic (exact) mass is 327 g/mol. The number of aromatic nitrogens is 1. The molecule has 2 heterocycles. The van der Waals surface area contributed by atoms with Gasteiger partial charge >= 0.3 is 0 Å². The highest BCUT2D eigenvalue weighted by atomic mass is 16.5. The highest BCUT2D eigenvalue weighted by molar-refractivity contribution is 5.97. The molecule has 0 aliphatic carbocycles. The van der Waals surface area contributed by atoms with Gasteiger partial charge < -0.3 is 15.0 Å². The minimum Gasteiger partial charge on any atom is -0.377 e. The van der Waals surface area contributed by atoms with E-state index in [2.05, 4.69) is 27.3 Å². The van der Waals surface area contributed by atoms with Crippen molar-refractivity contribution < 1.29 is 9.53 Å². The van der Waals surface area contributed by atoms with Gasteiger partial charge in [-0.25, -0.2) is 0 Å². The lowest BCUT2D eigenvalue weighted by Crippen LogP contribution is -2.23. The van der Waals surface area contributed by atoms with Crippen molar-refractivity contribution in [1.82, 2.24) is 4.98 Å². The number of nitrogens with one attached hydrogen (secondary N) is 1. The van der Waals surface area contributed by atoms with Crippen LogP contribution in [-0.4, -0.2) is 36.7 Å². The fraction of sp³-hybridized carbons (Fsp3) is 0.474. The molecule has 128 valence electrons. The molecule has 3 rings (SSSR count). The first-order chi connectivity index (χ1) is 11.6. The normalized spacial score (nSPS) is 17.5. The maximum absolute atomic E-state index is 11.6. The number of carbonyl (C=O) groups excluding carboxylic acids is 1. The molecule has 1 aliphatic rings. The van der Waals surface area contributed by atoms with E-state index >= 15 is 0 Å². The standard InChI is InChI=1S/C19H25N3O2/c1-4-19(23)21-14-6-7-16-17(11-14)20-13(3)10-18(16)22-9-8-15(12-22)24-5-2/h6-7,10-11,15H,4-5,8-9,12H2,1-3H3,(H,21,23)/t15-/m0/s1. The Morgan fingerprint density at radius 1 is 1.38 bits per heavy atom. The van der Waals surface area contributed by atoms with Gasteiger partial charge in [0.15, 0.2) is 0 Å². The largest absolute Gasteiger partial charge is 0.377 e. The molecule has 1 amide bonds. The number of ether oxygens (including phenoxy) is 1. The zero-order valence-corrected chi connectivity index (χ0v) is 14.6. The molecule has 5 nitrogen and oxygen atoms in total. The molecule has 0 bridgehead atoms. The Balaban J connectivity index is 1.92. The van der Waals surface area contributed by atoms with Crippen LogP contribution >= 0.6 is 0 Å². The van der Waals surface area contributed by atoms with Gasteiger partial charge in [0.25, 0.3) is 0 Å². The second kappa shape index (κ2) is 7.18. The van der Waals surface area contributed by atoms with Crippen molar-refractivity contribution in [1.29, 1.82) is 0 Å². The Morgan fingerprint density at radius 2 is 2.21 bits per heavy atom. The van der Waals surface area contributed by atoms with Gasteiger partial charge in [0.05, 0.1) is 11.6 Å². The van der Waals surface area contributed by atoms with E-state index in [4.69, 9.17) is 4.74 Å². The number of carbonyl (C=O) groups is 1. The molecule has 0 saturated carbocycles. The summed E-state index contributed by atoms with van der Waals surface area (Å²) in [6, 6.07) is 8.10. The van der Waals surface area contributed by atoms with Crippen LogP contribution in [0.4, 0.5) is 11.4 Å². The molecule has 0 unspecified atom stereocenters. The van der Waals surface area contributed by atoms with Crippen molar-refractivity contribution in [2.45, 2.75) is 39.7 Å². The number of hydrogen-bond acceptors (Lipinski definition) is 4. The van der Waals surface area contributed by atoms with Crippen molar-refractivity contribution in [3.8, 4) is 0 Å². The lowest BCUT2D eigenvalue weighted by atomic mass is 10.1. The summed E-state index contributed by atoms with van der Waals surface area (Å²) in [7, 11) is 0. The summed E-state index contributed by atoms with van der Waals surface area (Å²) < 4.78 is 5.77. The van der Waals surface area contributed by atoms with Gasteiger partial charge in [-0.15, -0.1) is 0 Å². The average molecular weight is 327 g/mol. The highest BCUT2D eigenvalue weighted by Crippen LogP contribution is 2.31. The first kappa shape index (κ1) is 16.7. The van der Waals surface area contributed by atoms with Gasteiger partial charge in [-0.05, 0) is 44.5 Å². The number of benzene rings is 1. The minimum absolute atomic E-state index is 0.0151. The fourth-order valence-electron chi connectivity index (χ4n) is 3.25. The van der Waals surface area contributed by atoms with Crippen LogP contribution in [0.5, 0.6) is 0 Å². The van der Waals surface area contributed by atoms with Gasteiger partial charge in [0, 0.05) is 48.6 Å². The van der Waals surface area contributed by atoms with Gasteiger partial charge in [-0.1, -0.05) is 6.92 Å². The Labute approximate surface area is 143 Å². The summed E-state index contributed by atoms with van der Waals surface area (Å²) in [4.78, 5) is 18.6. The molecule has 24 heavy (non-hydrogen) atoms. The molecule has 1 atom stereocenters. The van der Waals surface area contributed by atoms with Crippen molar-refractivity contribution in [3.63, 3.8) is 0 Å². The third kappa shape index (κ3) is 3.51. The summed E-state index contributed by atoms with van der Waals surface area (Å²) in [5.41, 5.74) is 3.90. The van der Waals surface area contributed by atoms with Gasteiger partial charge in [0.1, 0.15) is 0 Å². The van der Waals surface area contributed by atoms with E-state index in [9.17, 15) is 4.79 Å². The van der Waals surface area contributed by atoms with E-state index in [1.54, 1.807) is 0 Å². The topological polar surface area (TPSA) is 54.5 Å². The van der Waals surface area contributed by atoms with Crippen molar-refractivity contribution in [2.24, 2.45) is 0 Å². The number of amides is 1. The summed E-state index contributed by atoms with van der Waals surface area (Å²) in [5, 5.41) is 4.02. The number of hydrogen-bond donors (Lipinski definition) is 1. The molecular formula is C19H25N3O2. The first-order valence-electron chi connectivity index (χ1n) is 8.68. The number of aryl methyl sites for hydroxylation is 1. The van der Waals surface area contributed by atoms with Gasteiger partial charge in [-0.3, -0.25) is 9.78 Å². The molecule has 1 saturated heterocycles. The van der Waals surface area contributed by atoms with Gasteiger partial charge in [0.2, 0.25) is 5.91 Å². The summed E-state index contributed by atoms with van der Waals surface area (Å²) >= 11 is 0. The predicted octanol–water partition coefficient (Wildman–Crippen LogP) is 3.51. The first-order valence-corrected chi connectivity index (χ1v) is 8.68. The summed E-state index contributed by atoms with van der Waals surface area (Å²) in [6.45, 7) is 8.57. The Bertz CT molecular complexity index is 745. The SMILES string of the molecule is CCO[C@H]1CCN(c2cc(C)nc3cc(NC(=O)CC)ccc23)C1. The average Bonchev–Trinajstić information content (AvgIpc) is 3.02. The smallest absolute Gasteiger partial charge is 0.224 e. The number of fused-ring (bicyclic) bond motifs is 1. The van der Waals surface area contributed by atoms with E-state index in [0.717, 1.165) is 48.4 Å². The zero-order chi connectivity index (χ0) is 17.1. The van der Waals surface area contributed by atoms with E-state index in [-0.39, 0.29) is 5.91 Å². The Hall–Kier alpha value is -2.14. The predicted molar refractivity (Wildman–Crippen MR) is 97.6 cm³/mol. The van der Waals surface area contributed by atoms with Crippen molar-refractivity contribution >= 4 is 28.2 Å². The third-order valence-electron chi connectivity index (χ3n) is 4.41. The summed E-state index contributed by atoms with van der Waals surface area (Å²) in [6.07, 6.45) is 1.83. The molecule has 1 fully saturated rings. The van der Waals surface area contributed by atoms with Crippen LogP contribution in [0.2, 0.25) is 0 Å². The maximum atomic E-state index is 11.6. The highest BCUT2D eigenvalue weighted by Gasteiger charge is 2.24. The molecule has 1 aromatic heterocycles. The van der Waals surface area contributed by atoms with E-state index in [0.29, 0.717) is 12.5 Å². The molecule has 5 heteroatoms. The Morgan fingerprint density at radius 3 is 2.96 bits per heavy atom. The zero-order valence-electron chi connectivity index (χ0n) is 14.6. The number of nitrogens with zero attached hydrogens (tertiary/aromatic N) is 2. The quantitative estimate of drug-likeness (QED) is 0.913. The molecular weight excluding hydrogens is 302 g/mol. The lowest BCUT2D eigenvalue weighted by molar-refractivity contribution is -0.115. The second-order valence-corrected chi connectivity index (χ2v) is 6.23. The Kier molecular flexibility index (Phi) is 5.00. The fourth-order valence-corrected chi connectivity index (χ4v) is 3.25. The number of anilines is 2. The second-order valence-electron chi connectivity index (χ2n) is 6.23. The lowest BCUT2D eigenvalue weighted by Gasteiger charge is -2.21. The van der Waals surface area contributed by atoms with Crippen molar-refractivity contribution in [2.75, 3.05) is 29.9 Å². The minimum atomic E-state index is 0.0151. The molecule has 1 aromatic carbocycles. The van der Waals surface area contributed by atoms with Crippen LogP contribution in [0.25, 0.3) is 10.9 Å². The van der Waals surface area contributed by atoms with Crippen LogP contribution in [-0.2, 0) is 9.53 Å². The van der Waals surface area contributed by atoms with Crippen LogP contribution in [0.3, 0.4) is 0 Å².